The number of nitrogens with one attached hydrogen (secondary N) is 1. The Morgan fingerprint density at radius 3 is 2.26 bits per heavy atom. The van der Waals surface area contributed by atoms with Crippen LogP contribution in [-0.4, -0.2) is 57.6 Å². The summed E-state index contributed by atoms with van der Waals surface area (Å²) in [7, 11) is -2.33. The highest BCUT2D eigenvalue weighted by molar-refractivity contribution is 7.92. The predicted octanol–water partition coefficient (Wildman–Crippen LogP) is 2.97. The Labute approximate surface area is 193 Å². The Hall–Kier alpha value is -2.29. The zero-order valence-electron chi connectivity index (χ0n) is 17.5. The number of amides is 2. The maximum absolute atomic E-state index is 13.2. The van der Waals surface area contributed by atoms with Gasteiger partial charge in [0.05, 0.1) is 22.0 Å². The van der Waals surface area contributed by atoms with Gasteiger partial charge in [0.25, 0.3) is 0 Å². The largest absolute Gasteiger partial charge is 0.357 e. The second-order valence-corrected chi connectivity index (χ2v) is 9.70. The van der Waals surface area contributed by atoms with Crippen molar-refractivity contribution in [3.8, 4) is 0 Å². The van der Waals surface area contributed by atoms with Gasteiger partial charge in [0.15, 0.2) is 0 Å². The molecule has 2 aromatic rings. The Balaban J connectivity index is 2.31. The van der Waals surface area contributed by atoms with Gasteiger partial charge in [-0.05, 0) is 37.1 Å². The van der Waals surface area contributed by atoms with Crippen LogP contribution in [0.2, 0.25) is 10.0 Å². The molecule has 0 spiro atoms. The molecular weight excluding hydrogens is 461 g/mol. The zero-order valence-corrected chi connectivity index (χ0v) is 19.8. The van der Waals surface area contributed by atoms with E-state index in [0.29, 0.717) is 6.42 Å². The van der Waals surface area contributed by atoms with Crippen molar-refractivity contribution in [3.63, 3.8) is 0 Å². The summed E-state index contributed by atoms with van der Waals surface area (Å²) in [5.41, 5.74) is 1.20. The smallest absolute Gasteiger partial charge is 0.244 e. The number of hydrogen-bond donors (Lipinski definition) is 1. The fourth-order valence-corrected chi connectivity index (χ4v) is 4.17. The van der Waals surface area contributed by atoms with E-state index < -0.39 is 28.5 Å². The Morgan fingerprint density at radius 2 is 1.71 bits per heavy atom. The summed E-state index contributed by atoms with van der Waals surface area (Å²) in [5.74, 6) is -0.856. The molecule has 0 fully saturated rings. The van der Waals surface area contributed by atoms with Crippen molar-refractivity contribution in [2.75, 3.05) is 30.7 Å². The van der Waals surface area contributed by atoms with E-state index in [1.807, 2.05) is 30.3 Å². The number of carbonyl (C=O) groups is 2. The van der Waals surface area contributed by atoms with Crippen LogP contribution in [0.1, 0.15) is 12.5 Å². The van der Waals surface area contributed by atoms with Crippen molar-refractivity contribution in [2.24, 2.45) is 0 Å². The van der Waals surface area contributed by atoms with Crippen LogP contribution in [0.4, 0.5) is 5.69 Å². The topological polar surface area (TPSA) is 86.8 Å². The summed E-state index contributed by atoms with van der Waals surface area (Å²) in [6.07, 6.45) is 1.51. The van der Waals surface area contributed by atoms with Crippen LogP contribution < -0.4 is 9.62 Å². The molecule has 0 aromatic heterocycles. The number of rotatable bonds is 9. The molecule has 0 heterocycles. The Bertz CT molecular complexity index is 1030. The summed E-state index contributed by atoms with van der Waals surface area (Å²) in [5, 5.41) is 2.96. The number of hydrogen-bond acceptors (Lipinski definition) is 4. The van der Waals surface area contributed by atoms with Crippen LogP contribution in [0.25, 0.3) is 0 Å². The van der Waals surface area contributed by atoms with Crippen molar-refractivity contribution in [2.45, 2.75) is 19.4 Å². The lowest BCUT2D eigenvalue weighted by Crippen LogP contribution is -2.51. The molecular formula is C21H25Cl2N3O4S. The lowest BCUT2D eigenvalue weighted by molar-refractivity contribution is -0.138. The van der Waals surface area contributed by atoms with Crippen LogP contribution in [0.5, 0.6) is 0 Å². The lowest BCUT2D eigenvalue weighted by Gasteiger charge is -2.31. The minimum atomic E-state index is -3.81. The van der Waals surface area contributed by atoms with Crippen molar-refractivity contribution in [3.05, 3.63) is 64.1 Å². The van der Waals surface area contributed by atoms with E-state index >= 15 is 0 Å². The number of benzene rings is 2. The maximum atomic E-state index is 13.2. The van der Waals surface area contributed by atoms with Gasteiger partial charge in [-0.15, -0.1) is 0 Å². The van der Waals surface area contributed by atoms with E-state index in [2.05, 4.69) is 5.32 Å². The molecule has 168 valence electrons. The highest BCUT2D eigenvalue weighted by atomic mass is 35.5. The van der Waals surface area contributed by atoms with E-state index in [1.165, 1.54) is 30.1 Å². The fourth-order valence-electron chi connectivity index (χ4n) is 3.03. The van der Waals surface area contributed by atoms with Crippen molar-refractivity contribution < 1.29 is 18.0 Å². The number of likely N-dealkylation sites (N-methyl/N-ethyl adjacent to an activating group) is 1. The van der Waals surface area contributed by atoms with Gasteiger partial charge in [-0.1, -0.05) is 53.5 Å². The molecule has 0 bridgehead atoms. The summed E-state index contributed by atoms with van der Waals surface area (Å²) < 4.78 is 25.8. The van der Waals surface area contributed by atoms with Gasteiger partial charge in [-0.2, -0.15) is 0 Å². The van der Waals surface area contributed by atoms with Gasteiger partial charge >= 0.3 is 0 Å². The van der Waals surface area contributed by atoms with Crippen LogP contribution >= 0.6 is 23.2 Å². The van der Waals surface area contributed by atoms with Crippen LogP contribution in [0.3, 0.4) is 0 Å². The molecule has 10 heteroatoms. The summed E-state index contributed by atoms with van der Waals surface area (Å²) in [4.78, 5) is 26.8. The second kappa shape index (κ2) is 10.8. The third-order valence-corrected chi connectivity index (χ3v) is 6.65. The van der Waals surface area contributed by atoms with E-state index in [0.717, 1.165) is 16.1 Å². The minimum Gasteiger partial charge on any atom is -0.357 e. The van der Waals surface area contributed by atoms with Crippen molar-refractivity contribution >= 4 is 50.7 Å². The molecule has 0 aliphatic carbocycles. The van der Waals surface area contributed by atoms with Crippen LogP contribution in [0, 0.1) is 0 Å². The molecule has 1 N–H and O–H groups in total. The molecule has 2 amide bonds. The minimum absolute atomic E-state index is 0.167. The van der Waals surface area contributed by atoms with Crippen LogP contribution in [-0.2, 0) is 26.0 Å². The Kier molecular flexibility index (Phi) is 8.73. The highest BCUT2D eigenvalue weighted by Crippen LogP contribution is 2.28. The molecule has 1 atom stereocenters. The van der Waals surface area contributed by atoms with Crippen molar-refractivity contribution in [1.82, 2.24) is 10.2 Å². The molecule has 0 saturated carbocycles. The quantitative estimate of drug-likeness (QED) is 0.591. The number of halogens is 2. The number of anilines is 1. The molecule has 1 unspecified atom stereocenters. The maximum Gasteiger partial charge on any atom is 0.244 e. The van der Waals surface area contributed by atoms with Gasteiger partial charge in [0.2, 0.25) is 21.8 Å². The van der Waals surface area contributed by atoms with E-state index in [1.54, 1.807) is 6.92 Å². The normalized spacial score (nSPS) is 12.2. The average molecular weight is 486 g/mol. The molecule has 0 saturated heterocycles. The molecule has 31 heavy (non-hydrogen) atoms. The summed E-state index contributed by atoms with van der Waals surface area (Å²) in [6, 6.07) is 13.0. The molecule has 2 aromatic carbocycles. The standard InChI is InChI=1S/C21H25Cl2N3O4S/c1-15(21(28)24-2)25(12-11-16-7-5-4-6-8-16)20(27)14-26(31(3,29)30)17-9-10-18(22)19(23)13-17/h4-10,13,15H,11-12,14H2,1-3H3,(H,24,28). The highest BCUT2D eigenvalue weighted by Gasteiger charge is 2.29. The molecule has 7 nitrogen and oxygen atoms in total. The lowest BCUT2D eigenvalue weighted by atomic mass is 10.1. The predicted molar refractivity (Wildman–Crippen MR) is 124 cm³/mol. The van der Waals surface area contributed by atoms with Crippen LogP contribution in [0.15, 0.2) is 48.5 Å². The number of sulfonamides is 1. The first-order valence-electron chi connectivity index (χ1n) is 9.52. The third-order valence-electron chi connectivity index (χ3n) is 4.77. The number of nitrogens with zero attached hydrogens (tertiary/aromatic N) is 2. The van der Waals surface area contributed by atoms with E-state index in [4.69, 9.17) is 23.2 Å². The molecule has 0 aliphatic heterocycles. The fraction of sp³-hybridized carbons (Fsp3) is 0.333. The molecule has 0 aliphatic rings. The van der Waals surface area contributed by atoms with Gasteiger partial charge in [0, 0.05) is 13.6 Å². The number of carbonyl (C=O) groups excluding carboxylic acids is 2. The van der Waals surface area contributed by atoms with Gasteiger partial charge in [-0.3, -0.25) is 13.9 Å². The third kappa shape index (κ3) is 6.85. The Morgan fingerprint density at radius 1 is 1.06 bits per heavy atom. The SMILES string of the molecule is CNC(=O)C(C)N(CCc1ccccc1)C(=O)CN(c1ccc(Cl)c(Cl)c1)S(C)(=O)=O. The zero-order chi connectivity index (χ0) is 23.2. The summed E-state index contributed by atoms with van der Waals surface area (Å²) >= 11 is 12.0. The summed E-state index contributed by atoms with van der Waals surface area (Å²) in [6.45, 7) is 1.37. The molecule has 0 radical (unpaired) electrons. The second-order valence-electron chi connectivity index (χ2n) is 6.98. The van der Waals surface area contributed by atoms with E-state index in [-0.39, 0.29) is 28.2 Å². The van der Waals surface area contributed by atoms with E-state index in [9.17, 15) is 18.0 Å². The first-order valence-corrected chi connectivity index (χ1v) is 12.1. The monoisotopic (exact) mass is 485 g/mol. The van der Waals surface area contributed by atoms with Gasteiger partial charge in [0.1, 0.15) is 12.6 Å². The first-order chi connectivity index (χ1) is 14.5. The first kappa shape index (κ1) is 25.0. The van der Waals surface area contributed by atoms with Gasteiger partial charge < -0.3 is 10.2 Å². The average Bonchev–Trinajstić information content (AvgIpc) is 2.73. The van der Waals surface area contributed by atoms with Gasteiger partial charge in [-0.25, -0.2) is 8.42 Å². The van der Waals surface area contributed by atoms with Crippen molar-refractivity contribution in [1.29, 1.82) is 0 Å². The molecule has 2 rings (SSSR count).